The number of carbonyl (C=O) groups is 3. The lowest BCUT2D eigenvalue weighted by Crippen LogP contribution is -2.32. The average Bonchev–Trinajstić information content (AvgIpc) is 2.70. The summed E-state index contributed by atoms with van der Waals surface area (Å²) in [6.07, 6.45) is 0.612. The van der Waals surface area contributed by atoms with Crippen LogP contribution in [-0.4, -0.2) is 48.4 Å². The standard InChI is InChI=1S/C14H15BrN2O4/c1-16(21-2)12(18)4-3-7-17-13(19)10-6-5-9(15)8-11(10)14(17)20/h5-6,8H,3-4,7H2,1-2H3. The van der Waals surface area contributed by atoms with Crippen molar-refractivity contribution in [2.45, 2.75) is 12.8 Å². The van der Waals surface area contributed by atoms with E-state index in [1.54, 1.807) is 18.2 Å². The van der Waals surface area contributed by atoms with E-state index in [1.807, 2.05) is 0 Å². The van der Waals surface area contributed by atoms with Crippen molar-refractivity contribution >= 4 is 33.7 Å². The second kappa shape index (κ2) is 6.36. The summed E-state index contributed by atoms with van der Waals surface area (Å²) in [7, 11) is 2.92. The fourth-order valence-electron chi connectivity index (χ4n) is 2.11. The molecule has 21 heavy (non-hydrogen) atoms. The van der Waals surface area contributed by atoms with Gasteiger partial charge in [-0.25, -0.2) is 5.06 Å². The van der Waals surface area contributed by atoms with Crippen molar-refractivity contribution in [1.82, 2.24) is 9.96 Å². The highest BCUT2D eigenvalue weighted by Gasteiger charge is 2.35. The summed E-state index contributed by atoms with van der Waals surface area (Å²) in [4.78, 5) is 41.9. The van der Waals surface area contributed by atoms with Crippen molar-refractivity contribution in [3.05, 3.63) is 33.8 Å². The molecule has 2 rings (SSSR count). The first-order valence-corrected chi connectivity index (χ1v) is 7.21. The molecular formula is C14H15BrN2O4. The van der Waals surface area contributed by atoms with Crippen LogP contribution in [-0.2, 0) is 9.63 Å². The quantitative estimate of drug-likeness (QED) is 0.597. The Morgan fingerprint density at radius 1 is 1.29 bits per heavy atom. The molecule has 0 saturated heterocycles. The zero-order chi connectivity index (χ0) is 15.6. The minimum Gasteiger partial charge on any atom is -0.275 e. The molecule has 0 N–H and O–H groups in total. The van der Waals surface area contributed by atoms with Crippen molar-refractivity contribution in [3.8, 4) is 0 Å². The largest absolute Gasteiger partial charge is 0.275 e. The predicted molar refractivity (Wildman–Crippen MR) is 78.5 cm³/mol. The van der Waals surface area contributed by atoms with Gasteiger partial charge in [-0.05, 0) is 24.6 Å². The van der Waals surface area contributed by atoms with E-state index in [0.717, 1.165) is 9.54 Å². The number of hydrogen-bond acceptors (Lipinski definition) is 4. The van der Waals surface area contributed by atoms with Gasteiger partial charge in [0.05, 0.1) is 18.2 Å². The zero-order valence-corrected chi connectivity index (χ0v) is 13.3. The Morgan fingerprint density at radius 3 is 2.62 bits per heavy atom. The number of hydrogen-bond donors (Lipinski definition) is 0. The Balaban J connectivity index is 1.99. The molecule has 0 aliphatic carbocycles. The van der Waals surface area contributed by atoms with Gasteiger partial charge < -0.3 is 0 Å². The van der Waals surface area contributed by atoms with E-state index in [1.165, 1.54) is 19.1 Å². The van der Waals surface area contributed by atoms with Crippen LogP contribution < -0.4 is 0 Å². The topological polar surface area (TPSA) is 66.9 Å². The third-order valence-electron chi connectivity index (χ3n) is 3.33. The lowest BCUT2D eigenvalue weighted by Gasteiger charge is -2.16. The number of benzene rings is 1. The fourth-order valence-corrected chi connectivity index (χ4v) is 2.47. The lowest BCUT2D eigenvalue weighted by molar-refractivity contribution is -0.168. The molecule has 1 aliphatic rings. The summed E-state index contributed by atoms with van der Waals surface area (Å²) in [5.41, 5.74) is 0.804. The number of halogens is 1. The van der Waals surface area contributed by atoms with E-state index in [4.69, 9.17) is 4.84 Å². The third-order valence-corrected chi connectivity index (χ3v) is 3.82. The molecule has 0 saturated carbocycles. The van der Waals surface area contributed by atoms with Crippen molar-refractivity contribution in [2.75, 3.05) is 20.7 Å². The van der Waals surface area contributed by atoms with Crippen LogP contribution in [0.5, 0.6) is 0 Å². The van der Waals surface area contributed by atoms with Gasteiger partial charge in [-0.15, -0.1) is 0 Å². The van der Waals surface area contributed by atoms with Crippen LogP contribution in [0.2, 0.25) is 0 Å². The minimum absolute atomic E-state index is 0.197. The van der Waals surface area contributed by atoms with E-state index in [2.05, 4.69) is 15.9 Å². The summed E-state index contributed by atoms with van der Waals surface area (Å²) in [5, 5.41) is 1.12. The van der Waals surface area contributed by atoms with E-state index in [-0.39, 0.29) is 30.7 Å². The number of imide groups is 1. The molecule has 1 aliphatic heterocycles. The Morgan fingerprint density at radius 2 is 1.95 bits per heavy atom. The maximum atomic E-state index is 12.2. The van der Waals surface area contributed by atoms with Gasteiger partial charge in [0.15, 0.2) is 0 Å². The van der Waals surface area contributed by atoms with Gasteiger partial charge >= 0.3 is 0 Å². The molecule has 1 aromatic rings. The van der Waals surface area contributed by atoms with Crippen LogP contribution in [0, 0.1) is 0 Å². The minimum atomic E-state index is -0.316. The van der Waals surface area contributed by atoms with Gasteiger partial charge in [-0.3, -0.25) is 24.1 Å². The molecule has 7 heteroatoms. The summed E-state index contributed by atoms with van der Waals surface area (Å²) >= 11 is 3.28. The van der Waals surface area contributed by atoms with E-state index in [9.17, 15) is 14.4 Å². The van der Waals surface area contributed by atoms with Crippen molar-refractivity contribution in [1.29, 1.82) is 0 Å². The molecule has 112 valence electrons. The Bertz CT molecular complexity index is 603. The van der Waals surface area contributed by atoms with Crippen LogP contribution in [0.1, 0.15) is 33.6 Å². The van der Waals surface area contributed by atoms with Crippen LogP contribution in [0.25, 0.3) is 0 Å². The van der Waals surface area contributed by atoms with Crippen LogP contribution in [0.15, 0.2) is 22.7 Å². The number of amides is 3. The maximum Gasteiger partial charge on any atom is 0.261 e. The van der Waals surface area contributed by atoms with Crippen molar-refractivity contribution in [3.63, 3.8) is 0 Å². The molecule has 0 bridgehead atoms. The number of carbonyl (C=O) groups excluding carboxylic acids is 3. The zero-order valence-electron chi connectivity index (χ0n) is 11.8. The highest BCUT2D eigenvalue weighted by Crippen LogP contribution is 2.26. The van der Waals surface area contributed by atoms with Gasteiger partial charge in [-0.1, -0.05) is 15.9 Å². The maximum absolute atomic E-state index is 12.2. The van der Waals surface area contributed by atoms with Gasteiger partial charge in [-0.2, -0.15) is 0 Å². The molecule has 0 radical (unpaired) electrons. The number of nitrogens with zero attached hydrogens (tertiary/aromatic N) is 2. The summed E-state index contributed by atoms with van der Waals surface area (Å²) in [6, 6.07) is 4.99. The second-order valence-electron chi connectivity index (χ2n) is 4.63. The normalized spacial score (nSPS) is 13.6. The van der Waals surface area contributed by atoms with Gasteiger partial charge in [0.25, 0.3) is 11.8 Å². The van der Waals surface area contributed by atoms with Crippen LogP contribution in [0.3, 0.4) is 0 Å². The summed E-state index contributed by atoms with van der Waals surface area (Å²) in [5.74, 6) is -0.823. The molecule has 0 fully saturated rings. The summed E-state index contributed by atoms with van der Waals surface area (Å²) in [6.45, 7) is 0.216. The first-order chi connectivity index (χ1) is 9.95. The van der Waals surface area contributed by atoms with Gasteiger partial charge in [0, 0.05) is 24.5 Å². The highest BCUT2D eigenvalue weighted by atomic mass is 79.9. The average molecular weight is 355 g/mol. The first kappa shape index (κ1) is 15.7. The SMILES string of the molecule is CON(C)C(=O)CCCN1C(=O)c2ccc(Br)cc2C1=O. The third kappa shape index (κ3) is 3.14. The monoisotopic (exact) mass is 354 g/mol. The molecule has 1 heterocycles. The lowest BCUT2D eigenvalue weighted by atomic mass is 10.1. The van der Waals surface area contributed by atoms with E-state index in [0.29, 0.717) is 17.5 Å². The molecular weight excluding hydrogens is 340 g/mol. The second-order valence-corrected chi connectivity index (χ2v) is 5.54. The van der Waals surface area contributed by atoms with Crippen LogP contribution >= 0.6 is 15.9 Å². The van der Waals surface area contributed by atoms with Gasteiger partial charge in [0.2, 0.25) is 5.91 Å². The summed E-state index contributed by atoms with van der Waals surface area (Å²) < 4.78 is 0.751. The van der Waals surface area contributed by atoms with Crippen molar-refractivity contribution in [2.24, 2.45) is 0 Å². The van der Waals surface area contributed by atoms with Gasteiger partial charge in [0.1, 0.15) is 0 Å². The first-order valence-electron chi connectivity index (χ1n) is 6.42. The Kier molecular flexibility index (Phi) is 4.74. The molecule has 0 aromatic heterocycles. The number of fused-ring (bicyclic) bond motifs is 1. The molecule has 0 atom stereocenters. The molecule has 6 nitrogen and oxygen atoms in total. The van der Waals surface area contributed by atoms with E-state index < -0.39 is 0 Å². The molecule has 0 unspecified atom stereocenters. The number of rotatable bonds is 5. The van der Waals surface area contributed by atoms with E-state index >= 15 is 0 Å². The smallest absolute Gasteiger partial charge is 0.261 e. The number of hydroxylamine groups is 2. The Labute approximate surface area is 130 Å². The predicted octanol–water partition coefficient (Wildman–Crippen LogP) is 1.85. The molecule has 0 spiro atoms. The van der Waals surface area contributed by atoms with Crippen LogP contribution in [0.4, 0.5) is 0 Å². The van der Waals surface area contributed by atoms with Crippen molar-refractivity contribution < 1.29 is 19.2 Å². The fraction of sp³-hybridized carbons (Fsp3) is 0.357. The molecule has 1 aromatic carbocycles. The molecule has 3 amide bonds. The highest BCUT2D eigenvalue weighted by molar-refractivity contribution is 9.10. The Hall–Kier alpha value is -1.73.